The monoisotopic (exact) mass is 185 g/mol. The van der Waals surface area contributed by atoms with E-state index in [1.807, 2.05) is 6.20 Å². The van der Waals surface area contributed by atoms with Crippen molar-refractivity contribution in [2.24, 2.45) is 5.92 Å². The van der Waals surface area contributed by atoms with Crippen LogP contribution < -0.4 is 5.32 Å². The Labute approximate surface area is 77.9 Å². The van der Waals surface area contributed by atoms with Crippen LogP contribution in [0.2, 0.25) is 0 Å². The van der Waals surface area contributed by atoms with Gasteiger partial charge in [0.15, 0.2) is 0 Å². The molecule has 4 heteroatoms. The number of aromatic nitrogens is 2. The summed E-state index contributed by atoms with van der Waals surface area (Å²) >= 11 is 0. The zero-order valence-corrected chi connectivity index (χ0v) is 8.13. The number of halogens is 1. The van der Waals surface area contributed by atoms with E-state index in [0.29, 0.717) is 12.5 Å². The highest BCUT2D eigenvalue weighted by molar-refractivity contribution is 5.37. The van der Waals surface area contributed by atoms with Crippen LogP contribution in [0.3, 0.4) is 0 Å². The highest BCUT2D eigenvalue weighted by Gasteiger charge is 1.98. The summed E-state index contributed by atoms with van der Waals surface area (Å²) in [6, 6.07) is 0. The molecule has 0 aromatic carbocycles. The van der Waals surface area contributed by atoms with Gasteiger partial charge in [0, 0.05) is 12.7 Å². The van der Waals surface area contributed by atoms with Crippen LogP contribution in [0.25, 0.3) is 0 Å². The highest BCUT2D eigenvalue weighted by Crippen LogP contribution is 2.05. The predicted molar refractivity (Wildman–Crippen MR) is 51.5 cm³/mol. The molecule has 1 rings (SSSR count). The third-order valence-electron chi connectivity index (χ3n) is 1.66. The molecule has 1 heterocycles. The molecule has 1 aromatic rings. The summed E-state index contributed by atoms with van der Waals surface area (Å²) in [5.41, 5.74) is 0.960. The summed E-state index contributed by atoms with van der Waals surface area (Å²) in [6.07, 6.45) is 3.54. The van der Waals surface area contributed by atoms with Crippen molar-refractivity contribution in [1.29, 1.82) is 0 Å². The largest absolute Gasteiger partial charge is 0.382 e. The molecule has 0 spiro atoms. The van der Waals surface area contributed by atoms with Crippen molar-refractivity contribution in [2.75, 3.05) is 18.5 Å². The Morgan fingerprint density at radius 3 is 3.00 bits per heavy atom. The molecule has 0 bridgehead atoms. The van der Waals surface area contributed by atoms with Gasteiger partial charge in [0.25, 0.3) is 0 Å². The number of hydrogen-bond donors (Lipinski definition) is 1. The topological polar surface area (TPSA) is 29.9 Å². The number of aryl methyl sites for hydroxylation is 1. The molecule has 0 amide bonds. The van der Waals surface area contributed by atoms with E-state index < -0.39 is 0 Å². The molecule has 0 aliphatic carbocycles. The van der Waals surface area contributed by atoms with Crippen molar-refractivity contribution in [3.63, 3.8) is 0 Å². The second-order valence-corrected chi connectivity index (χ2v) is 3.46. The van der Waals surface area contributed by atoms with E-state index >= 15 is 0 Å². The number of nitrogens with zero attached hydrogens (tertiary/aromatic N) is 2. The van der Waals surface area contributed by atoms with Crippen LogP contribution in [0.4, 0.5) is 10.1 Å². The summed E-state index contributed by atoms with van der Waals surface area (Å²) in [7, 11) is 0. The van der Waals surface area contributed by atoms with Crippen LogP contribution >= 0.6 is 0 Å². The number of nitrogens with one attached hydrogen (secondary N) is 1. The Morgan fingerprint density at radius 2 is 2.38 bits per heavy atom. The van der Waals surface area contributed by atoms with Crippen molar-refractivity contribution >= 4 is 5.69 Å². The Hall–Kier alpha value is -1.06. The summed E-state index contributed by atoms with van der Waals surface area (Å²) in [4.78, 5) is 0. The van der Waals surface area contributed by atoms with Crippen LogP contribution in [-0.2, 0) is 6.54 Å². The van der Waals surface area contributed by atoms with E-state index in [0.717, 1.165) is 12.2 Å². The zero-order valence-electron chi connectivity index (χ0n) is 8.13. The molecule has 0 fully saturated rings. The van der Waals surface area contributed by atoms with Gasteiger partial charge in [-0.3, -0.25) is 4.68 Å². The van der Waals surface area contributed by atoms with Gasteiger partial charge in [-0.05, 0) is 5.92 Å². The molecular weight excluding hydrogens is 169 g/mol. The maximum atomic E-state index is 11.9. The Balaban J connectivity index is 2.39. The van der Waals surface area contributed by atoms with Gasteiger partial charge in [0.1, 0.15) is 6.67 Å². The van der Waals surface area contributed by atoms with Crippen molar-refractivity contribution in [3.05, 3.63) is 12.4 Å². The van der Waals surface area contributed by atoms with E-state index in [2.05, 4.69) is 24.3 Å². The van der Waals surface area contributed by atoms with E-state index in [4.69, 9.17) is 0 Å². The fourth-order valence-corrected chi connectivity index (χ4v) is 0.986. The minimum atomic E-state index is -0.370. The van der Waals surface area contributed by atoms with Crippen LogP contribution in [0.1, 0.15) is 13.8 Å². The molecular formula is C9H16FN3. The lowest BCUT2D eigenvalue weighted by Crippen LogP contribution is -2.07. The van der Waals surface area contributed by atoms with Gasteiger partial charge in [-0.2, -0.15) is 5.10 Å². The molecule has 0 radical (unpaired) electrons. The number of rotatable bonds is 5. The smallest absolute Gasteiger partial charge is 0.109 e. The lowest BCUT2D eigenvalue weighted by atomic mass is 10.2. The lowest BCUT2D eigenvalue weighted by Gasteiger charge is -2.05. The van der Waals surface area contributed by atoms with Gasteiger partial charge >= 0.3 is 0 Å². The maximum absolute atomic E-state index is 11.9. The fourth-order valence-electron chi connectivity index (χ4n) is 0.986. The van der Waals surface area contributed by atoms with Gasteiger partial charge in [0.05, 0.1) is 18.4 Å². The van der Waals surface area contributed by atoms with E-state index in [1.165, 1.54) is 0 Å². The molecule has 0 saturated carbocycles. The van der Waals surface area contributed by atoms with Crippen molar-refractivity contribution in [2.45, 2.75) is 20.4 Å². The number of anilines is 1. The molecule has 74 valence electrons. The molecule has 0 atom stereocenters. The Bertz CT molecular complexity index is 245. The molecule has 0 unspecified atom stereocenters. The van der Waals surface area contributed by atoms with Crippen LogP contribution in [0, 0.1) is 5.92 Å². The molecule has 3 nitrogen and oxygen atoms in total. The first-order chi connectivity index (χ1) is 6.22. The summed E-state index contributed by atoms with van der Waals surface area (Å²) in [5, 5.41) is 7.22. The highest BCUT2D eigenvalue weighted by atomic mass is 19.1. The first kappa shape index (κ1) is 10.0. The van der Waals surface area contributed by atoms with Crippen molar-refractivity contribution < 1.29 is 4.39 Å². The number of hydrogen-bond acceptors (Lipinski definition) is 2. The molecule has 0 saturated heterocycles. The molecule has 1 aromatic heterocycles. The average molecular weight is 185 g/mol. The van der Waals surface area contributed by atoms with E-state index in [-0.39, 0.29) is 6.67 Å². The van der Waals surface area contributed by atoms with Gasteiger partial charge < -0.3 is 5.32 Å². The lowest BCUT2D eigenvalue weighted by molar-refractivity contribution is 0.427. The first-order valence-corrected chi connectivity index (χ1v) is 4.54. The van der Waals surface area contributed by atoms with E-state index in [1.54, 1.807) is 10.9 Å². The fraction of sp³-hybridized carbons (Fsp3) is 0.667. The molecule has 0 aliphatic heterocycles. The summed E-state index contributed by atoms with van der Waals surface area (Å²) in [5.74, 6) is 0.601. The molecule has 13 heavy (non-hydrogen) atoms. The normalized spacial score (nSPS) is 10.8. The van der Waals surface area contributed by atoms with Crippen LogP contribution in [-0.4, -0.2) is 23.0 Å². The van der Waals surface area contributed by atoms with Crippen LogP contribution in [0.15, 0.2) is 12.4 Å². The second kappa shape index (κ2) is 4.84. The van der Waals surface area contributed by atoms with Gasteiger partial charge in [0.2, 0.25) is 0 Å². The zero-order chi connectivity index (χ0) is 9.68. The maximum Gasteiger partial charge on any atom is 0.109 e. The third kappa shape index (κ3) is 3.44. The number of alkyl halides is 1. The summed E-state index contributed by atoms with van der Waals surface area (Å²) in [6.45, 7) is 5.16. The summed E-state index contributed by atoms with van der Waals surface area (Å²) < 4.78 is 13.5. The standard InChI is InChI=1S/C9H16FN3/c1-8(2)5-11-9-6-12-13(7-9)4-3-10/h6-8,11H,3-5H2,1-2H3. The first-order valence-electron chi connectivity index (χ1n) is 4.54. The molecule has 0 aliphatic rings. The average Bonchev–Trinajstić information content (AvgIpc) is 2.50. The minimum Gasteiger partial charge on any atom is -0.382 e. The van der Waals surface area contributed by atoms with Crippen molar-refractivity contribution in [3.8, 4) is 0 Å². The Morgan fingerprint density at radius 1 is 1.62 bits per heavy atom. The minimum absolute atomic E-state index is 0.337. The van der Waals surface area contributed by atoms with Crippen molar-refractivity contribution in [1.82, 2.24) is 9.78 Å². The quantitative estimate of drug-likeness (QED) is 0.759. The molecule has 1 N–H and O–H groups in total. The van der Waals surface area contributed by atoms with Gasteiger partial charge in [-0.15, -0.1) is 0 Å². The Kier molecular flexibility index (Phi) is 3.73. The third-order valence-corrected chi connectivity index (χ3v) is 1.66. The van der Waals surface area contributed by atoms with E-state index in [9.17, 15) is 4.39 Å². The SMILES string of the molecule is CC(C)CNc1cnn(CCF)c1. The van der Waals surface area contributed by atoms with Gasteiger partial charge in [-0.25, -0.2) is 4.39 Å². The second-order valence-electron chi connectivity index (χ2n) is 3.46. The van der Waals surface area contributed by atoms with Gasteiger partial charge in [-0.1, -0.05) is 13.8 Å². The predicted octanol–water partition coefficient (Wildman–Crippen LogP) is 1.92. The van der Waals surface area contributed by atoms with Crippen LogP contribution in [0.5, 0.6) is 0 Å².